The molecule has 0 aliphatic heterocycles. The Balaban J connectivity index is 2.64. The van der Waals surface area contributed by atoms with Crippen molar-refractivity contribution in [1.29, 1.82) is 0 Å². The molecule has 2 atom stereocenters. The predicted octanol–water partition coefficient (Wildman–Crippen LogP) is 1.03. The summed E-state index contributed by atoms with van der Waals surface area (Å²) in [4.78, 5) is 0. The molecular formula is C8H10NO3S-. The molecule has 0 saturated carbocycles. The molecule has 0 amide bonds. The van der Waals surface area contributed by atoms with E-state index < -0.39 is 16.5 Å². The van der Waals surface area contributed by atoms with Crippen molar-refractivity contribution < 1.29 is 13.9 Å². The van der Waals surface area contributed by atoms with E-state index in [0.29, 0.717) is 5.69 Å². The van der Waals surface area contributed by atoms with E-state index in [1.165, 1.54) is 19.1 Å². The number of phenolic OH excluding ortho intramolecular Hbond substituents is 1. The normalized spacial score (nSPS) is 14.9. The molecule has 0 fully saturated rings. The van der Waals surface area contributed by atoms with Crippen LogP contribution in [0.5, 0.6) is 5.75 Å². The van der Waals surface area contributed by atoms with Crippen molar-refractivity contribution in [2.24, 2.45) is 0 Å². The van der Waals surface area contributed by atoms with Crippen molar-refractivity contribution in [2.75, 3.05) is 5.32 Å². The van der Waals surface area contributed by atoms with Crippen molar-refractivity contribution in [2.45, 2.75) is 12.3 Å². The van der Waals surface area contributed by atoms with Gasteiger partial charge in [0.1, 0.15) is 5.75 Å². The molecule has 2 unspecified atom stereocenters. The number of rotatable bonds is 3. The van der Waals surface area contributed by atoms with Crippen LogP contribution in [0, 0.1) is 0 Å². The fraction of sp³-hybridized carbons (Fsp3) is 0.250. The van der Waals surface area contributed by atoms with Gasteiger partial charge in [-0.2, -0.15) is 0 Å². The first kappa shape index (κ1) is 10.0. The molecule has 0 aliphatic carbocycles. The minimum absolute atomic E-state index is 0.154. The quantitative estimate of drug-likeness (QED) is 0.564. The zero-order chi connectivity index (χ0) is 9.84. The van der Waals surface area contributed by atoms with E-state index in [2.05, 4.69) is 5.32 Å². The molecule has 2 N–H and O–H groups in total. The monoisotopic (exact) mass is 200 g/mol. The van der Waals surface area contributed by atoms with Crippen LogP contribution in [0.1, 0.15) is 6.92 Å². The highest BCUT2D eigenvalue weighted by Crippen LogP contribution is 2.14. The van der Waals surface area contributed by atoms with Crippen molar-refractivity contribution in [3.8, 4) is 5.75 Å². The Labute approximate surface area is 78.9 Å². The van der Waals surface area contributed by atoms with Crippen molar-refractivity contribution in [3.63, 3.8) is 0 Å². The lowest BCUT2D eigenvalue weighted by Gasteiger charge is -2.17. The molecule has 0 radical (unpaired) electrons. The van der Waals surface area contributed by atoms with Crippen LogP contribution in [0.25, 0.3) is 0 Å². The third kappa shape index (κ3) is 3.04. The molecule has 0 aliphatic rings. The van der Waals surface area contributed by atoms with Gasteiger partial charge in [-0.05, 0) is 42.3 Å². The highest BCUT2D eigenvalue weighted by molar-refractivity contribution is 7.79. The standard InChI is InChI=1S/C8H11NO3S/c1-6(13(11)12)9-7-2-4-8(10)5-3-7/h2-6,9-10H,1H3,(H,11,12)/p-1. The van der Waals surface area contributed by atoms with Gasteiger partial charge in [0.2, 0.25) is 0 Å². The Morgan fingerprint density at radius 1 is 1.46 bits per heavy atom. The minimum Gasteiger partial charge on any atom is -0.771 e. The van der Waals surface area contributed by atoms with Crippen molar-refractivity contribution >= 4 is 16.8 Å². The fourth-order valence-electron chi connectivity index (χ4n) is 0.840. The van der Waals surface area contributed by atoms with E-state index in [0.717, 1.165) is 0 Å². The van der Waals surface area contributed by atoms with Crippen molar-refractivity contribution in [1.82, 2.24) is 0 Å². The Bertz CT molecular complexity index is 299. The van der Waals surface area contributed by atoms with E-state index in [9.17, 15) is 8.76 Å². The summed E-state index contributed by atoms with van der Waals surface area (Å²) in [5.74, 6) is 0.154. The lowest BCUT2D eigenvalue weighted by atomic mass is 10.3. The fourth-order valence-corrected chi connectivity index (χ4v) is 1.07. The van der Waals surface area contributed by atoms with Crippen LogP contribution >= 0.6 is 0 Å². The van der Waals surface area contributed by atoms with Gasteiger partial charge in [-0.15, -0.1) is 0 Å². The maximum atomic E-state index is 10.5. The van der Waals surface area contributed by atoms with Gasteiger partial charge in [0.25, 0.3) is 0 Å². The molecule has 0 bridgehead atoms. The Kier molecular flexibility index (Phi) is 3.27. The summed E-state index contributed by atoms with van der Waals surface area (Å²) in [7, 11) is 0. The third-order valence-electron chi connectivity index (χ3n) is 1.53. The first-order valence-electron chi connectivity index (χ1n) is 3.73. The smallest absolute Gasteiger partial charge is 0.115 e. The molecule has 1 rings (SSSR count). The lowest BCUT2D eigenvalue weighted by molar-refractivity contribution is 0.475. The summed E-state index contributed by atoms with van der Waals surface area (Å²) in [6, 6.07) is 6.20. The molecule has 0 saturated heterocycles. The van der Waals surface area contributed by atoms with Gasteiger partial charge >= 0.3 is 0 Å². The third-order valence-corrected chi connectivity index (χ3v) is 2.22. The number of hydrogen-bond acceptors (Lipinski definition) is 4. The van der Waals surface area contributed by atoms with E-state index >= 15 is 0 Å². The molecule has 72 valence electrons. The van der Waals surface area contributed by atoms with E-state index in [-0.39, 0.29) is 5.75 Å². The van der Waals surface area contributed by atoms with Crippen LogP contribution in [0.3, 0.4) is 0 Å². The van der Waals surface area contributed by atoms with Gasteiger partial charge in [0.05, 0.1) is 5.37 Å². The van der Waals surface area contributed by atoms with Gasteiger partial charge in [0, 0.05) is 5.69 Å². The van der Waals surface area contributed by atoms with Gasteiger partial charge in [-0.3, -0.25) is 4.21 Å². The van der Waals surface area contributed by atoms with Crippen LogP contribution in [0.2, 0.25) is 0 Å². The molecule has 0 aromatic heterocycles. The number of anilines is 1. The zero-order valence-electron chi connectivity index (χ0n) is 7.06. The van der Waals surface area contributed by atoms with E-state index in [1.54, 1.807) is 12.1 Å². The predicted molar refractivity (Wildman–Crippen MR) is 50.1 cm³/mol. The largest absolute Gasteiger partial charge is 0.771 e. The minimum atomic E-state index is -2.14. The maximum Gasteiger partial charge on any atom is 0.115 e. The van der Waals surface area contributed by atoms with Crippen LogP contribution in [-0.2, 0) is 11.1 Å². The number of aromatic hydroxyl groups is 1. The number of phenols is 1. The average molecular weight is 200 g/mol. The number of benzene rings is 1. The summed E-state index contributed by atoms with van der Waals surface area (Å²) in [6.07, 6.45) is 0. The van der Waals surface area contributed by atoms with Gasteiger partial charge in [-0.1, -0.05) is 0 Å². The lowest BCUT2D eigenvalue weighted by Crippen LogP contribution is -2.20. The van der Waals surface area contributed by atoms with Gasteiger partial charge < -0.3 is 15.0 Å². The number of nitrogens with one attached hydrogen (secondary N) is 1. The summed E-state index contributed by atoms with van der Waals surface area (Å²) in [6.45, 7) is 1.54. The van der Waals surface area contributed by atoms with Crippen LogP contribution in [0.4, 0.5) is 5.69 Å². The average Bonchev–Trinajstić information content (AvgIpc) is 2.08. The van der Waals surface area contributed by atoms with Crippen LogP contribution in [-0.4, -0.2) is 19.2 Å². The second-order valence-electron chi connectivity index (χ2n) is 2.59. The maximum absolute atomic E-state index is 10.5. The molecule has 0 heterocycles. The van der Waals surface area contributed by atoms with Crippen molar-refractivity contribution in [3.05, 3.63) is 24.3 Å². The summed E-state index contributed by atoms with van der Waals surface area (Å²) in [5.41, 5.74) is 0.662. The Morgan fingerprint density at radius 3 is 2.46 bits per heavy atom. The summed E-state index contributed by atoms with van der Waals surface area (Å²) >= 11 is -2.14. The first-order chi connectivity index (χ1) is 6.09. The molecule has 4 nitrogen and oxygen atoms in total. The second-order valence-corrected chi connectivity index (χ2v) is 3.82. The van der Waals surface area contributed by atoms with Gasteiger partial charge in [-0.25, -0.2) is 0 Å². The van der Waals surface area contributed by atoms with E-state index in [1.807, 2.05) is 0 Å². The Morgan fingerprint density at radius 2 is 2.00 bits per heavy atom. The molecule has 13 heavy (non-hydrogen) atoms. The Hall–Kier alpha value is -1.07. The van der Waals surface area contributed by atoms with Gasteiger partial charge in [0.15, 0.2) is 0 Å². The molecule has 5 heteroatoms. The van der Waals surface area contributed by atoms with Crippen LogP contribution < -0.4 is 5.32 Å². The molecular weight excluding hydrogens is 190 g/mol. The second kappa shape index (κ2) is 4.25. The zero-order valence-corrected chi connectivity index (χ0v) is 7.88. The molecule has 0 spiro atoms. The topological polar surface area (TPSA) is 72.4 Å². The highest BCUT2D eigenvalue weighted by Gasteiger charge is 2.00. The van der Waals surface area contributed by atoms with Crippen LogP contribution in [0.15, 0.2) is 24.3 Å². The summed E-state index contributed by atoms with van der Waals surface area (Å²) < 4.78 is 20.9. The van der Waals surface area contributed by atoms with E-state index in [4.69, 9.17) is 5.11 Å². The number of hydrogen-bond donors (Lipinski definition) is 2. The SMILES string of the molecule is CC(Nc1ccc(O)cc1)S(=O)[O-]. The first-order valence-corrected chi connectivity index (χ1v) is 4.87. The highest BCUT2D eigenvalue weighted by atomic mass is 32.2. The molecule has 1 aromatic carbocycles. The molecule has 1 aromatic rings. The summed E-state index contributed by atoms with van der Waals surface area (Å²) in [5, 5.41) is 11.1.